The van der Waals surface area contributed by atoms with Gasteiger partial charge in [0.25, 0.3) is 5.91 Å². The summed E-state index contributed by atoms with van der Waals surface area (Å²) in [5, 5.41) is 4.11. The van der Waals surface area contributed by atoms with Crippen molar-refractivity contribution in [3.8, 4) is 0 Å². The second kappa shape index (κ2) is 5.72. The smallest absolute Gasteiger partial charge is 0.261 e. The fraction of sp³-hybridized carbons (Fsp3) is 0.357. The quantitative estimate of drug-likeness (QED) is 0.846. The molecule has 1 N–H and O–H groups in total. The van der Waals surface area contributed by atoms with Gasteiger partial charge in [0.2, 0.25) is 0 Å². The third kappa shape index (κ3) is 2.85. The van der Waals surface area contributed by atoms with Crippen LogP contribution in [0.2, 0.25) is 0 Å². The lowest BCUT2D eigenvalue weighted by Gasteiger charge is -2.18. The normalized spacial score (nSPS) is 14.4. The summed E-state index contributed by atoms with van der Waals surface area (Å²) >= 11 is 7.31. The SMILES string of the molecule is CC(CCl)C(C)NC(=O)c1cc2ccccc2s1. The van der Waals surface area contributed by atoms with Gasteiger partial charge in [0.05, 0.1) is 4.88 Å². The van der Waals surface area contributed by atoms with Crippen LogP contribution in [0.5, 0.6) is 0 Å². The highest BCUT2D eigenvalue weighted by Crippen LogP contribution is 2.25. The van der Waals surface area contributed by atoms with Gasteiger partial charge in [-0.15, -0.1) is 22.9 Å². The van der Waals surface area contributed by atoms with Crippen molar-refractivity contribution in [1.82, 2.24) is 5.32 Å². The average molecular weight is 282 g/mol. The third-order valence-corrected chi connectivity index (χ3v) is 4.71. The van der Waals surface area contributed by atoms with E-state index in [9.17, 15) is 4.79 Å². The number of carbonyl (C=O) groups excluding carboxylic acids is 1. The van der Waals surface area contributed by atoms with E-state index in [1.165, 1.54) is 11.3 Å². The van der Waals surface area contributed by atoms with Crippen molar-refractivity contribution in [2.75, 3.05) is 5.88 Å². The van der Waals surface area contributed by atoms with Gasteiger partial charge in [-0.25, -0.2) is 0 Å². The highest BCUT2D eigenvalue weighted by atomic mass is 35.5. The summed E-state index contributed by atoms with van der Waals surface area (Å²) < 4.78 is 1.14. The Balaban J connectivity index is 2.13. The van der Waals surface area contributed by atoms with Gasteiger partial charge in [-0.1, -0.05) is 25.1 Å². The van der Waals surface area contributed by atoms with Crippen molar-refractivity contribution in [2.24, 2.45) is 5.92 Å². The Labute approximate surface area is 116 Å². The second-order valence-electron chi connectivity index (χ2n) is 4.54. The van der Waals surface area contributed by atoms with Crippen LogP contribution < -0.4 is 5.32 Å². The monoisotopic (exact) mass is 281 g/mol. The van der Waals surface area contributed by atoms with Crippen molar-refractivity contribution in [3.63, 3.8) is 0 Å². The summed E-state index contributed by atoms with van der Waals surface area (Å²) in [6.07, 6.45) is 0. The number of thiophene rings is 1. The first-order valence-corrected chi connectivity index (χ1v) is 7.32. The van der Waals surface area contributed by atoms with Crippen LogP contribution in [0.25, 0.3) is 10.1 Å². The van der Waals surface area contributed by atoms with Crippen LogP contribution in [0.3, 0.4) is 0 Å². The molecule has 18 heavy (non-hydrogen) atoms. The summed E-state index contributed by atoms with van der Waals surface area (Å²) in [5.41, 5.74) is 0. The Kier molecular flexibility index (Phi) is 4.25. The number of benzene rings is 1. The number of amides is 1. The van der Waals surface area contributed by atoms with E-state index in [1.54, 1.807) is 0 Å². The first kappa shape index (κ1) is 13.4. The minimum atomic E-state index is -0.0133. The molecule has 1 amide bonds. The van der Waals surface area contributed by atoms with Crippen LogP contribution in [0.1, 0.15) is 23.5 Å². The molecule has 2 nitrogen and oxygen atoms in total. The molecule has 0 fully saturated rings. The molecule has 0 aliphatic carbocycles. The zero-order valence-electron chi connectivity index (χ0n) is 10.4. The van der Waals surface area contributed by atoms with Gasteiger partial charge in [-0.2, -0.15) is 0 Å². The summed E-state index contributed by atoms with van der Waals surface area (Å²) in [6.45, 7) is 4.02. The first-order valence-electron chi connectivity index (χ1n) is 5.97. The highest BCUT2D eigenvalue weighted by molar-refractivity contribution is 7.20. The highest BCUT2D eigenvalue weighted by Gasteiger charge is 2.16. The Morgan fingerprint density at radius 1 is 1.39 bits per heavy atom. The lowest BCUT2D eigenvalue weighted by molar-refractivity contribution is 0.0935. The first-order chi connectivity index (χ1) is 8.61. The Bertz CT molecular complexity index is 518. The number of rotatable bonds is 4. The van der Waals surface area contributed by atoms with E-state index in [4.69, 9.17) is 11.6 Å². The standard InChI is InChI=1S/C14H16ClNOS/c1-9(8-15)10(2)16-14(17)13-7-11-5-3-4-6-12(11)18-13/h3-7,9-10H,8H2,1-2H3,(H,16,17). The average Bonchev–Trinajstić information content (AvgIpc) is 2.81. The van der Waals surface area contributed by atoms with E-state index >= 15 is 0 Å². The largest absolute Gasteiger partial charge is 0.349 e. The topological polar surface area (TPSA) is 29.1 Å². The number of carbonyl (C=O) groups is 1. The molecule has 0 saturated carbocycles. The minimum Gasteiger partial charge on any atom is -0.349 e. The van der Waals surface area contributed by atoms with Gasteiger partial charge in [-0.05, 0) is 30.4 Å². The van der Waals surface area contributed by atoms with Gasteiger partial charge < -0.3 is 5.32 Å². The lowest BCUT2D eigenvalue weighted by atomic mass is 10.1. The molecule has 1 aromatic carbocycles. The molecule has 0 radical (unpaired) electrons. The zero-order chi connectivity index (χ0) is 13.1. The van der Waals surface area contributed by atoms with Gasteiger partial charge in [0, 0.05) is 16.6 Å². The minimum absolute atomic E-state index is 0.0133. The van der Waals surface area contributed by atoms with E-state index < -0.39 is 0 Å². The number of alkyl halides is 1. The van der Waals surface area contributed by atoms with Crippen LogP contribution in [0.15, 0.2) is 30.3 Å². The van der Waals surface area contributed by atoms with Gasteiger partial charge in [0.1, 0.15) is 0 Å². The van der Waals surface area contributed by atoms with Crippen molar-refractivity contribution >= 4 is 38.9 Å². The maximum atomic E-state index is 12.1. The zero-order valence-corrected chi connectivity index (χ0v) is 12.0. The molecule has 2 rings (SSSR count). The molecule has 1 aromatic heterocycles. The lowest BCUT2D eigenvalue weighted by Crippen LogP contribution is -2.37. The summed E-state index contributed by atoms with van der Waals surface area (Å²) in [4.78, 5) is 12.9. The number of hydrogen-bond donors (Lipinski definition) is 1. The second-order valence-corrected chi connectivity index (χ2v) is 5.93. The number of nitrogens with one attached hydrogen (secondary N) is 1. The van der Waals surface area contributed by atoms with E-state index in [-0.39, 0.29) is 17.9 Å². The van der Waals surface area contributed by atoms with Crippen molar-refractivity contribution < 1.29 is 4.79 Å². The molecule has 0 aliphatic heterocycles. The predicted molar refractivity (Wildman–Crippen MR) is 78.6 cm³/mol. The van der Waals surface area contributed by atoms with Crippen LogP contribution >= 0.6 is 22.9 Å². The number of hydrogen-bond acceptors (Lipinski definition) is 2. The molecular weight excluding hydrogens is 266 g/mol. The molecule has 4 heteroatoms. The fourth-order valence-electron chi connectivity index (χ4n) is 1.65. The molecular formula is C14H16ClNOS. The molecule has 1 heterocycles. The third-order valence-electron chi connectivity index (χ3n) is 3.11. The van der Waals surface area contributed by atoms with E-state index in [0.29, 0.717) is 5.88 Å². The van der Waals surface area contributed by atoms with Gasteiger partial charge in [-0.3, -0.25) is 4.79 Å². The Morgan fingerprint density at radius 3 is 2.78 bits per heavy atom. The van der Waals surface area contributed by atoms with Crippen molar-refractivity contribution in [1.29, 1.82) is 0 Å². The Morgan fingerprint density at radius 2 is 2.11 bits per heavy atom. The van der Waals surface area contributed by atoms with E-state index in [2.05, 4.69) is 5.32 Å². The van der Waals surface area contributed by atoms with Crippen LogP contribution in [-0.2, 0) is 0 Å². The maximum absolute atomic E-state index is 12.1. The molecule has 2 unspecified atom stereocenters. The fourth-order valence-corrected chi connectivity index (χ4v) is 2.88. The van der Waals surface area contributed by atoms with Crippen molar-refractivity contribution in [2.45, 2.75) is 19.9 Å². The van der Waals surface area contributed by atoms with Crippen LogP contribution in [0.4, 0.5) is 0 Å². The predicted octanol–water partition coefficient (Wildman–Crippen LogP) is 3.89. The summed E-state index contributed by atoms with van der Waals surface area (Å²) in [5.74, 6) is 0.805. The van der Waals surface area contributed by atoms with E-state index in [1.807, 2.05) is 44.2 Å². The number of fused-ring (bicyclic) bond motifs is 1. The van der Waals surface area contributed by atoms with Crippen molar-refractivity contribution in [3.05, 3.63) is 35.2 Å². The van der Waals surface area contributed by atoms with Crippen LogP contribution in [0, 0.1) is 5.92 Å². The molecule has 2 aromatic rings. The molecule has 0 spiro atoms. The Hall–Kier alpha value is -1.06. The molecule has 0 aliphatic rings. The molecule has 0 saturated heterocycles. The van der Waals surface area contributed by atoms with Gasteiger partial charge in [0.15, 0.2) is 0 Å². The molecule has 0 bridgehead atoms. The van der Waals surface area contributed by atoms with Gasteiger partial charge >= 0.3 is 0 Å². The van der Waals surface area contributed by atoms with Crippen LogP contribution in [-0.4, -0.2) is 17.8 Å². The summed E-state index contributed by atoms with van der Waals surface area (Å²) in [7, 11) is 0. The van der Waals surface area contributed by atoms with E-state index in [0.717, 1.165) is 15.0 Å². The summed E-state index contributed by atoms with van der Waals surface area (Å²) in [6, 6.07) is 10.0. The molecule has 2 atom stereocenters. The maximum Gasteiger partial charge on any atom is 0.261 e. The molecule has 96 valence electrons. The number of halogens is 1.